The van der Waals surface area contributed by atoms with Gasteiger partial charge in [-0.25, -0.2) is 0 Å². The number of carbonyl (C=O) groups excluding carboxylic acids is 1. The topological polar surface area (TPSA) is 67.5 Å². The Labute approximate surface area is 66.2 Å². The number of rotatable bonds is 3. The third-order valence-electron chi connectivity index (χ3n) is 1.07. The maximum Gasteiger partial charge on any atom is 0.241 e. The van der Waals surface area contributed by atoms with E-state index in [-0.39, 0.29) is 12.5 Å². The van der Waals surface area contributed by atoms with Crippen molar-refractivity contribution in [3.8, 4) is 0 Å². The third kappa shape index (κ3) is 5.14. The summed E-state index contributed by atoms with van der Waals surface area (Å²) in [5.74, 6) is -0.105. The van der Waals surface area contributed by atoms with Crippen molar-refractivity contribution >= 4 is 12.1 Å². The lowest BCUT2D eigenvalue weighted by molar-refractivity contribution is -0.119. The monoisotopic (exact) mass is 155 g/mol. The molecule has 3 N–H and O–H groups in total. The lowest BCUT2D eigenvalue weighted by Crippen LogP contribution is -2.20. The number of nitrogens with one attached hydrogen (secondary N) is 1. The summed E-state index contributed by atoms with van der Waals surface area (Å²) < 4.78 is 0. The van der Waals surface area contributed by atoms with Gasteiger partial charge in [0.2, 0.25) is 5.91 Å². The highest BCUT2D eigenvalue weighted by molar-refractivity contribution is 5.83. The number of hydrogen-bond acceptors (Lipinski definition) is 3. The third-order valence-corrected chi connectivity index (χ3v) is 1.07. The van der Waals surface area contributed by atoms with Crippen LogP contribution in [0.15, 0.2) is 16.8 Å². The highest BCUT2D eigenvalue weighted by Crippen LogP contribution is 1.82. The quantitative estimate of drug-likeness (QED) is 0.548. The molecule has 11 heavy (non-hydrogen) atoms. The van der Waals surface area contributed by atoms with E-state index in [2.05, 4.69) is 10.3 Å². The zero-order valence-electron chi connectivity index (χ0n) is 6.79. The second-order valence-corrected chi connectivity index (χ2v) is 2.05. The van der Waals surface area contributed by atoms with Gasteiger partial charge in [-0.3, -0.25) is 9.79 Å². The van der Waals surface area contributed by atoms with Gasteiger partial charge in [-0.1, -0.05) is 0 Å². The van der Waals surface area contributed by atoms with Crippen molar-refractivity contribution in [2.75, 3.05) is 13.6 Å². The van der Waals surface area contributed by atoms with E-state index >= 15 is 0 Å². The second-order valence-electron chi connectivity index (χ2n) is 2.05. The van der Waals surface area contributed by atoms with Gasteiger partial charge in [0.1, 0.15) is 6.54 Å². The molecule has 0 aromatic carbocycles. The van der Waals surface area contributed by atoms with E-state index in [1.54, 1.807) is 13.3 Å². The summed E-state index contributed by atoms with van der Waals surface area (Å²) in [6.45, 7) is 1.97. The first-order valence-corrected chi connectivity index (χ1v) is 3.29. The summed E-state index contributed by atoms with van der Waals surface area (Å²) in [6.07, 6.45) is 3.00. The number of hydrogen-bond donors (Lipinski definition) is 2. The zero-order chi connectivity index (χ0) is 8.69. The lowest BCUT2D eigenvalue weighted by atomic mass is 10.4. The van der Waals surface area contributed by atoms with Crippen molar-refractivity contribution in [3.63, 3.8) is 0 Å². The minimum absolute atomic E-state index is 0.105. The van der Waals surface area contributed by atoms with Crippen LogP contribution in [-0.4, -0.2) is 25.7 Å². The number of likely N-dealkylation sites (N-methyl/N-ethyl adjacent to an activating group) is 1. The molecule has 0 rings (SSSR count). The first-order valence-electron chi connectivity index (χ1n) is 3.29. The number of aliphatic imine (C=N–C) groups is 1. The first-order chi connectivity index (χ1) is 5.20. The minimum atomic E-state index is -0.105. The highest BCUT2D eigenvalue weighted by atomic mass is 16.1. The van der Waals surface area contributed by atoms with Crippen LogP contribution < -0.4 is 11.1 Å². The number of nitrogens with zero attached hydrogens (tertiary/aromatic N) is 1. The van der Waals surface area contributed by atoms with E-state index in [1.165, 1.54) is 6.20 Å². The molecule has 0 aromatic rings. The standard InChI is InChI=1S/C7H13N3O/c1-6(3-8)4-10-5-7(11)9-2/h3-4H,5,8H2,1-2H3,(H,9,11)/b6-3-,10-4?. The van der Waals surface area contributed by atoms with Crippen LogP contribution >= 0.6 is 0 Å². The van der Waals surface area contributed by atoms with Crippen LogP contribution in [0.25, 0.3) is 0 Å². The van der Waals surface area contributed by atoms with Crippen molar-refractivity contribution in [1.82, 2.24) is 5.32 Å². The van der Waals surface area contributed by atoms with Gasteiger partial charge in [-0.2, -0.15) is 0 Å². The Balaban J connectivity index is 3.69. The molecular formula is C7H13N3O. The van der Waals surface area contributed by atoms with E-state index in [0.717, 1.165) is 5.57 Å². The normalized spacial score (nSPS) is 12.0. The second kappa shape index (κ2) is 5.46. The molecule has 0 unspecified atom stereocenters. The molecule has 0 fully saturated rings. The molecule has 0 bridgehead atoms. The summed E-state index contributed by atoms with van der Waals surface area (Å²) in [7, 11) is 1.57. The maximum atomic E-state index is 10.6. The molecule has 0 aromatic heterocycles. The number of allylic oxidation sites excluding steroid dienone is 1. The highest BCUT2D eigenvalue weighted by Gasteiger charge is 1.91. The van der Waals surface area contributed by atoms with Crippen LogP contribution in [0.5, 0.6) is 0 Å². The van der Waals surface area contributed by atoms with E-state index in [0.29, 0.717) is 0 Å². The average molecular weight is 155 g/mol. The molecule has 1 amide bonds. The van der Waals surface area contributed by atoms with Crippen molar-refractivity contribution in [1.29, 1.82) is 0 Å². The fourth-order valence-corrected chi connectivity index (χ4v) is 0.395. The van der Waals surface area contributed by atoms with Gasteiger partial charge in [0.05, 0.1) is 0 Å². The molecule has 0 spiro atoms. The first kappa shape index (κ1) is 9.68. The molecular weight excluding hydrogens is 142 g/mol. The molecule has 4 nitrogen and oxygen atoms in total. The Morgan fingerprint density at radius 2 is 2.36 bits per heavy atom. The van der Waals surface area contributed by atoms with Crippen LogP contribution in [0, 0.1) is 0 Å². The summed E-state index contributed by atoms with van der Waals surface area (Å²) in [5.41, 5.74) is 6.01. The minimum Gasteiger partial charge on any atom is -0.404 e. The molecule has 0 saturated heterocycles. The number of carbonyl (C=O) groups is 1. The molecule has 0 aliphatic carbocycles. The van der Waals surface area contributed by atoms with Crippen molar-refractivity contribution < 1.29 is 4.79 Å². The number of nitrogens with two attached hydrogens (primary N) is 1. The van der Waals surface area contributed by atoms with Crippen LogP contribution in [0.4, 0.5) is 0 Å². The summed E-state index contributed by atoms with van der Waals surface area (Å²) in [5, 5.41) is 2.45. The Morgan fingerprint density at radius 1 is 1.73 bits per heavy atom. The summed E-state index contributed by atoms with van der Waals surface area (Å²) in [4.78, 5) is 14.4. The smallest absolute Gasteiger partial charge is 0.241 e. The summed E-state index contributed by atoms with van der Waals surface area (Å²) in [6, 6.07) is 0. The van der Waals surface area contributed by atoms with Crippen molar-refractivity contribution in [2.24, 2.45) is 10.7 Å². The molecule has 0 radical (unpaired) electrons. The summed E-state index contributed by atoms with van der Waals surface area (Å²) >= 11 is 0. The Hall–Kier alpha value is -1.32. The van der Waals surface area contributed by atoms with Crippen LogP contribution in [0.3, 0.4) is 0 Å². The van der Waals surface area contributed by atoms with Gasteiger partial charge in [-0.05, 0) is 18.7 Å². The fraction of sp³-hybridized carbons (Fsp3) is 0.429. The molecule has 0 saturated carbocycles. The van der Waals surface area contributed by atoms with Gasteiger partial charge in [0.25, 0.3) is 0 Å². The molecule has 0 aliphatic rings. The average Bonchev–Trinajstić information content (AvgIpc) is 2.04. The zero-order valence-corrected chi connectivity index (χ0v) is 6.79. The largest absolute Gasteiger partial charge is 0.404 e. The molecule has 0 aliphatic heterocycles. The molecule has 0 heterocycles. The van der Waals surface area contributed by atoms with Gasteiger partial charge < -0.3 is 11.1 Å². The fourth-order valence-electron chi connectivity index (χ4n) is 0.395. The SMILES string of the molecule is CNC(=O)CN=C/C(C)=C\N. The predicted octanol–water partition coefficient (Wildman–Crippen LogP) is -0.334. The van der Waals surface area contributed by atoms with Gasteiger partial charge in [-0.15, -0.1) is 0 Å². The molecule has 0 atom stereocenters. The maximum absolute atomic E-state index is 10.6. The number of amides is 1. The Bertz CT molecular complexity index is 184. The van der Waals surface area contributed by atoms with E-state index in [1.807, 2.05) is 6.92 Å². The van der Waals surface area contributed by atoms with Crippen LogP contribution in [0.1, 0.15) is 6.92 Å². The van der Waals surface area contributed by atoms with E-state index in [9.17, 15) is 4.79 Å². The predicted molar refractivity (Wildman–Crippen MR) is 45.4 cm³/mol. The molecule has 62 valence electrons. The molecule has 4 heteroatoms. The van der Waals surface area contributed by atoms with Gasteiger partial charge in [0.15, 0.2) is 0 Å². The van der Waals surface area contributed by atoms with Crippen molar-refractivity contribution in [3.05, 3.63) is 11.8 Å². The Kier molecular flexibility index (Phi) is 4.81. The van der Waals surface area contributed by atoms with E-state index in [4.69, 9.17) is 5.73 Å². The van der Waals surface area contributed by atoms with Gasteiger partial charge >= 0.3 is 0 Å². The van der Waals surface area contributed by atoms with E-state index < -0.39 is 0 Å². The Morgan fingerprint density at radius 3 is 2.82 bits per heavy atom. The van der Waals surface area contributed by atoms with Crippen molar-refractivity contribution in [2.45, 2.75) is 6.92 Å². The van der Waals surface area contributed by atoms with Crippen LogP contribution in [0.2, 0.25) is 0 Å². The lowest BCUT2D eigenvalue weighted by Gasteiger charge is -1.92. The van der Waals surface area contributed by atoms with Gasteiger partial charge in [0, 0.05) is 13.3 Å². The van der Waals surface area contributed by atoms with Crippen LogP contribution in [-0.2, 0) is 4.79 Å².